The number of carbonyl (C=O) groups excluding carboxylic acids is 3. The van der Waals surface area contributed by atoms with Crippen LogP contribution < -0.4 is 15.4 Å². The number of hydrogen-bond acceptors (Lipinski definition) is 6. The average Bonchev–Trinajstić information content (AvgIpc) is 2.54. The van der Waals surface area contributed by atoms with Crippen molar-refractivity contribution in [2.24, 2.45) is 0 Å². The van der Waals surface area contributed by atoms with E-state index in [1.54, 1.807) is 20.8 Å². The zero-order valence-electron chi connectivity index (χ0n) is 15.2. The number of rotatable bonds is 4. The van der Waals surface area contributed by atoms with E-state index >= 15 is 0 Å². The maximum Gasteiger partial charge on any atom is 0.408 e. The molecule has 1 aromatic carbocycles. The molecule has 8 nitrogen and oxygen atoms in total. The first-order valence-corrected chi connectivity index (χ1v) is 8.04. The number of hydrogen-bond donors (Lipinski definition) is 2. The maximum absolute atomic E-state index is 13.4. The third kappa shape index (κ3) is 5.28. The van der Waals surface area contributed by atoms with E-state index in [4.69, 9.17) is 9.47 Å². The van der Waals surface area contributed by atoms with Crippen LogP contribution in [0.3, 0.4) is 0 Å². The van der Waals surface area contributed by atoms with Crippen LogP contribution in [0.15, 0.2) is 12.1 Å². The van der Waals surface area contributed by atoms with Gasteiger partial charge in [0.05, 0.1) is 12.8 Å². The molecule has 0 saturated heterocycles. The van der Waals surface area contributed by atoms with Crippen molar-refractivity contribution in [3.63, 3.8) is 0 Å². The highest BCUT2D eigenvalue weighted by molar-refractivity contribution is 5.98. The summed E-state index contributed by atoms with van der Waals surface area (Å²) in [6.45, 7) is 4.92. The Morgan fingerprint density at radius 1 is 1.30 bits per heavy atom. The average molecular weight is 386 g/mol. The Morgan fingerprint density at radius 3 is 2.52 bits per heavy atom. The lowest BCUT2D eigenvalue weighted by atomic mass is 10.1. The molecule has 2 N–H and O–H groups in total. The molecule has 2 rings (SSSR count). The van der Waals surface area contributed by atoms with E-state index < -0.39 is 47.4 Å². The Kier molecular flexibility index (Phi) is 5.87. The topological polar surface area (TPSA) is 103 Å². The van der Waals surface area contributed by atoms with Crippen LogP contribution in [0.2, 0.25) is 0 Å². The molecule has 1 aliphatic heterocycles. The van der Waals surface area contributed by atoms with E-state index in [0.717, 1.165) is 19.2 Å². The molecule has 0 bridgehead atoms. The molecule has 0 radical (unpaired) electrons. The van der Waals surface area contributed by atoms with Gasteiger partial charge in [0.25, 0.3) is 5.91 Å². The van der Waals surface area contributed by atoms with Crippen molar-refractivity contribution in [3.8, 4) is 5.75 Å². The number of alkyl carbamates (subject to hydrolysis) is 1. The number of methoxy groups -OCH3 is 1. The second kappa shape index (κ2) is 7.77. The molecule has 2 atom stereocenters. The second-order valence-corrected chi connectivity index (χ2v) is 6.82. The van der Waals surface area contributed by atoms with Crippen LogP contribution in [0, 0.1) is 11.6 Å². The molecule has 0 spiro atoms. The fraction of sp³-hybridized carbons (Fsp3) is 0.471. The van der Waals surface area contributed by atoms with Crippen LogP contribution in [-0.2, 0) is 19.1 Å². The van der Waals surface area contributed by atoms with Crippen molar-refractivity contribution in [1.82, 2.24) is 5.32 Å². The lowest BCUT2D eigenvalue weighted by Gasteiger charge is -2.28. The molecule has 1 heterocycles. The third-order valence-corrected chi connectivity index (χ3v) is 3.47. The smallest absolute Gasteiger partial charge is 0.408 e. The Bertz CT molecular complexity index is 763. The number of nitrogens with one attached hydrogen (secondary N) is 2. The number of amides is 2. The number of anilines is 1. The van der Waals surface area contributed by atoms with Gasteiger partial charge in [-0.05, 0) is 20.8 Å². The summed E-state index contributed by atoms with van der Waals surface area (Å²) in [5.41, 5.74) is -0.839. The first-order valence-electron chi connectivity index (χ1n) is 8.04. The third-order valence-electron chi connectivity index (χ3n) is 3.47. The Hall–Kier alpha value is -2.91. The highest BCUT2D eigenvalue weighted by Crippen LogP contribution is 2.32. The van der Waals surface area contributed by atoms with Crippen molar-refractivity contribution in [2.75, 3.05) is 12.4 Å². The van der Waals surface area contributed by atoms with Gasteiger partial charge in [-0.2, -0.15) is 0 Å². The number of fused-ring (bicyclic) bond motifs is 1. The van der Waals surface area contributed by atoms with Crippen LogP contribution in [0.1, 0.15) is 27.2 Å². The van der Waals surface area contributed by atoms with E-state index in [1.807, 2.05) is 0 Å². The summed E-state index contributed by atoms with van der Waals surface area (Å²) in [6, 6.07) is 0.314. The molecule has 27 heavy (non-hydrogen) atoms. The van der Waals surface area contributed by atoms with Gasteiger partial charge in [-0.1, -0.05) is 0 Å². The summed E-state index contributed by atoms with van der Waals surface area (Å²) in [5, 5.41) is 4.67. The SMILES string of the molecule is COC(=O)[C@H](C[C@@H]1Oc2cc(F)c(F)cc2NC1=O)NC(=O)OC(C)(C)C. The van der Waals surface area contributed by atoms with E-state index in [0.29, 0.717) is 0 Å². The summed E-state index contributed by atoms with van der Waals surface area (Å²) in [7, 11) is 1.11. The summed E-state index contributed by atoms with van der Waals surface area (Å²) < 4.78 is 41.7. The Labute approximate surface area is 154 Å². The molecular weight excluding hydrogens is 366 g/mol. The highest BCUT2D eigenvalue weighted by Gasteiger charge is 2.35. The molecule has 0 aliphatic carbocycles. The first kappa shape index (κ1) is 20.4. The molecule has 1 aliphatic rings. The first-order chi connectivity index (χ1) is 12.5. The summed E-state index contributed by atoms with van der Waals surface area (Å²) in [6.07, 6.45) is -2.44. The van der Waals surface area contributed by atoms with Gasteiger partial charge < -0.3 is 24.8 Å². The minimum Gasteiger partial charge on any atom is -0.478 e. The molecular formula is C17H20F2N2O6. The number of benzene rings is 1. The van der Waals surface area contributed by atoms with Crippen molar-refractivity contribution >= 4 is 23.7 Å². The summed E-state index contributed by atoms with van der Waals surface area (Å²) >= 11 is 0. The maximum atomic E-state index is 13.4. The van der Waals surface area contributed by atoms with Crippen molar-refractivity contribution < 1.29 is 37.4 Å². The van der Waals surface area contributed by atoms with Gasteiger partial charge in [-0.15, -0.1) is 0 Å². The molecule has 2 amide bonds. The van der Waals surface area contributed by atoms with E-state index in [2.05, 4.69) is 15.4 Å². The fourth-order valence-electron chi connectivity index (χ4n) is 2.32. The summed E-state index contributed by atoms with van der Waals surface area (Å²) in [5.74, 6) is -3.91. The lowest BCUT2D eigenvalue weighted by molar-refractivity contribution is -0.144. The lowest BCUT2D eigenvalue weighted by Crippen LogP contribution is -2.49. The fourth-order valence-corrected chi connectivity index (χ4v) is 2.32. The van der Waals surface area contributed by atoms with Crippen LogP contribution >= 0.6 is 0 Å². The molecule has 148 valence electrons. The van der Waals surface area contributed by atoms with Gasteiger partial charge in [0.1, 0.15) is 17.4 Å². The molecule has 10 heteroatoms. The van der Waals surface area contributed by atoms with Crippen LogP contribution in [0.25, 0.3) is 0 Å². The normalized spacial score (nSPS) is 17.1. The minimum atomic E-state index is -1.26. The quantitative estimate of drug-likeness (QED) is 0.769. The van der Waals surface area contributed by atoms with Crippen molar-refractivity contribution in [3.05, 3.63) is 23.8 Å². The number of esters is 1. The van der Waals surface area contributed by atoms with E-state index in [1.165, 1.54) is 0 Å². The predicted octanol–water partition coefficient (Wildman–Crippen LogP) is 2.12. The minimum absolute atomic E-state index is 0.0372. The van der Waals surface area contributed by atoms with Gasteiger partial charge >= 0.3 is 12.1 Å². The standard InChI is InChI=1S/C17H20F2N2O6/c1-17(2,3)27-16(24)21-11(15(23)25-4)7-13-14(22)20-10-5-8(18)9(19)6-12(10)26-13/h5-6,11,13H,7H2,1-4H3,(H,20,22)(H,21,24)/t11-,13-/m0/s1. The molecule has 0 unspecified atom stereocenters. The Morgan fingerprint density at radius 2 is 1.93 bits per heavy atom. The number of halogens is 2. The van der Waals surface area contributed by atoms with Gasteiger partial charge in [-0.25, -0.2) is 18.4 Å². The molecule has 0 fully saturated rings. The number of ether oxygens (including phenoxy) is 3. The summed E-state index contributed by atoms with van der Waals surface area (Å²) in [4.78, 5) is 36.0. The van der Waals surface area contributed by atoms with Crippen molar-refractivity contribution in [1.29, 1.82) is 0 Å². The molecule has 0 saturated carbocycles. The molecule has 1 aromatic rings. The van der Waals surface area contributed by atoms with Crippen LogP contribution in [0.4, 0.5) is 19.3 Å². The van der Waals surface area contributed by atoms with Crippen molar-refractivity contribution in [2.45, 2.75) is 44.9 Å². The molecule has 0 aromatic heterocycles. The largest absolute Gasteiger partial charge is 0.478 e. The second-order valence-electron chi connectivity index (χ2n) is 6.82. The van der Waals surface area contributed by atoms with Crippen LogP contribution in [-0.4, -0.2) is 42.8 Å². The van der Waals surface area contributed by atoms with E-state index in [9.17, 15) is 23.2 Å². The zero-order chi connectivity index (χ0) is 20.4. The monoisotopic (exact) mass is 386 g/mol. The zero-order valence-corrected chi connectivity index (χ0v) is 15.2. The van der Waals surface area contributed by atoms with Gasteiger partial charge in [0, 0.05) is 18.6 Å². The van der Waals surface area contributed by atoms with Gasteiger partial charge in [-0.3, -0.25) is 4.79 Å². The Balaban J connectivity index is 2.14. The highest BCUT2D eigenvalue weighted by atomic mass is 19.2. The van der Waals surface area contributed by atoms with Gasteiger partial charge in [0.15, 0.2) is 17.7 Å². The predicted molar refractivity (Wildman–Crippen MR) is 89.2 cm³/mol. The number of carbonyl (C=O) groups is 3. The van der Waals surface area contributed by atoms with Gasteiger partial charge in [0.2, 0.25) is 0 Å². The van der Waals surface area contributed by atoms with E-state index in [-0.39, 0.29) is 17.9 Å². The van der Waals surface area contributed by atoms with Crippen LogP contribution in [0.5, 0.6) is 5.75 Å².